The van der Waals surface area contributed by atoms with E-state index < -0.39 is 0 Å². The first-order chi connectivity index (χ1) is 14.0. The zero-order valence-electron chi connectivity index (χ0n) is 17.1. The highest BCUT2D eigenvalue weighted by Gasteiger charge is 2.09. The molecule has 2 N–H and O–H groups in total. The summed E-state index contributed by atoms with van der Waals surface area (Å²) >= 11 is 0. The lowest BCUT2D eigenvalue weighted by Crippen LogP contribution is -2.14. The molecule has 6 nitrogen and oxygen atoms in total. The molecular weight excluding hydrogens is 366 g/mol. The molecule has 29 heavy (non-hydrogen) atoms. The minimum Gasteiger partial charge on any atom is -0.493 e. The van der Waals surface area contributed by atoms with Crippen LogP contribution < -0.4 is 20.1 Å². The van der Waals surface area contributed by atoms with Gasteiger partial charge in [-0.1, -0.05) is 18.2 Å². The van der Waals surface area contributed by atoms with Crippen molar-refractivity contribution in [1.82, 2.24) is 4.98 Å². The number of hydrogen-bond acceptors (Lipinski definition) is 5. The number of hydrogen-bond donors (Lipinski definition) is 2. The maximum absolute atomic E-state index is 12.4. The van der Waals surface area contributed by atoms with Gasteiger partial charge in [-0.15, -0.1) is 0 Å². The third kappa shape index (κ3) is 5.04. The van der Waals surface area contributed by atoms with Gasteiger partial charge in [-0.2, -0.15) is 0 Å². The Morgan fingerprint density at radius 1 is 1.00 bits per heavy atom. The monoisotopic (exact) mass is 391 g/mol. The van der Waals surface area contributed by atoms with Gasteiger partial charge in [0.15, 0.2) is 11.5 Å². The summed E-state index contributed by atoms with van der Waals surface area (Å²) in [5, 5.41) is 6.17. The molecule has 0 fully saturated rings. The fraction of sp³-hybridized carbons (Fsp3) is 0.217. The van der Waals surface area contributed by atoms with Crippen molar-refractivity contribution in [2.45, 2.75) is 20.3 Å². The van der Waals surface area contributed by atoms with Gasteiger partial charge in [0, 0.05) is 5.69 Å². The number of carbonyl (C=O) groups is 1. The topological polar surface area (TPSA) is 72.5 Å². The van der Waals surface area contributed by atoms with Crippen LogP contribution >= 0.6 is 0 Å². The van der Waals surface area contributed by atoms with Crippen molar-refractivity contribution in [3.63, 3.8) is 0 Å². The minimum absolute atomic E-state index is 0.130. The lowest BCUT2D eigenvalue weighted by molar-refractivity contribution is -0.115. The summed E-state index contributed by atoms with van der Waals surface area (Å²) < 4.78 is 10.5. The van der Waals surface area contributed by atoms with Gasteiger partial charge in [0.05, 0.1) is 32.5 Å². The van der Waals surface area contributed by atoms with Crippen LogP contribution in [0.4, 0.5) is 17.2 Å². The lowest BCUT2D eigenvalue weighted by atomic mass is 10.1. The normalized spacial score (nSPS) is 10.3. The Labute approximate surface area is 170 Å². The summed E-state index contributed by atoms with van der Waals surface area (Å²) in [6, 6.07) is 15.2. The summed E-state index contributed by atoms with van der Waals surface area (Å²) in [6.07, 6.45) is 1.86. The number of aromatic nitrogens is 1. The molecule has 150 valence electrons. The van der Waals surface area contributed by atoms with Crippen LogP contribution in [0.25, 0.3) is 0 Å². The molecule has 0 aliphatic carbocycles. The van der Waals surface area contributed by atoms with Gasteiger partial charge in [-0.05, 0) is 60.9 Å². The van der Waals surface area contributed by atoms with Crippen molar-refractivity contribution in [1.29, 1.82) is 0 Å². The average molecular weight is 391 g/mol. The zero-order valence-corrected chi connectivity index (χ0v) is 17.1. The SMILES string of the molecule is COc1ccc(CC(=O)Nc2ccc(Nc3cccc(C)c3C)nc2)cc1OC. The highest BCUT2D eigenvalue weighted by Crippen LogP contribution is 2.28. The Hall–Kier alpha value is -3.54. The predicted molar refractivity (Wildman–Crippen MR) is 115 cm³/mol. The molecule has 0 unspecified atom stereocenters. The molecule has 6 heteroatoms. The number of aryl methyl sites for hydroxylation is 1. The van der Waals surface area contributed by atoms with Crippen molar-refractivity contribution < 1.29 is 14.3 Å². The molecule has 1 heterocycles. The first-order valence-corrected chi connectivity index (χ1v) is 9.30. The van der Waals surface area contributed by atoms with Gasteiger partial charge >= 0.3 is 0 Å². The van der Waals surface area contributed by atoms with Gasteiger partial charge in [-0.25, -0.2) is 4.98 Å². The molecule has 1 aromatic heterocycles. The van der Waals surface area contributed by atoms with Crippen molar-refractivity contribution in [2.24, 2.45) is 0 Å². The van der Waals surface area contributed by atoms with E-state index in [0.29, 0.717) is 17.2 Å². The number of anilines is 3. The first-order valence-electron chi connectivity index (χ1n) is 9.30. The van der Waals surface area contributed by atoms with E-state index in [1.807, 2.05) is 30.3 Å². The quantitative estimate of drug-likeness (QED) is 0.614. The first kappa shape index (κ1) is 20.2. The Morgan fingerprint density at radius 3 is 2.48 bits per heavy atom. The van der Waals surface area contributed by atoms with E-state index in [4.69, 9.17) is 9.47 Å². The number of benzene rings is 2. The summed E-state index contributed by atoms with van der Waals surface area (Å²) in [5.41, 5.74) is 4.89. The highest BCUT2D eigenvalue weighted by molar-refractivity contribution is 5.92. The highest BCUT2D eigenvalue weighted by atomic mass is 16.5. The Bertz CT molecular complexity index is 1000. The van der Waals surface area contributed by atoms with Gasteiger partial charge < -0.3 is 20.1 Å². The van der Waals surface area contributed by atoms with E-state index in [0.717, 1.165) is 17.1 Å². The summed E-state index contributed by atoms with van der Waals surface area (Å²) in [6.45, 7) is 4.14. The van der Waals surface area contributed by atoms with Gasteiger partial charge in [0.2, 0.25) is 5.91 Å². The Morgan fingerprint density at radius 2 is 1.79 bits per heavy atom. The third-order valence-electron chi connectivity index (χ3n) is 4.73. The van der Waals surface area contributed by atoms with Gasteiger partial charge in [-0.3, -0.25) is 4.79 Å². The molecule has 0 aliphatic rings. The average Bonchev–Trinajstić information content (AvgIpc) is 2.72. The van der Waals surface area contributed by atoms with Crippen LogP contribution in [0.2, 0.25) is 0 Å². The van der Waals surface area contributed by atoms with Gasteiger partial charge in [0.1, 0.15) is 5.82 Å². The van der Waals surface area contributed by atoms with E-state index in [1.54, 1.807) is 32.5 Å². The number of ether oxygens (including phenoxy) is 2. The molecule has 2 aromatic carbocycles. The van der Waals surface area contributed by atoms with Crippen molar-refractivity contribution in [2.75, 3.05) is 24.9 Å². The Balaban J connectivity index is 1.62. The third-order valence-corrected chi connectivity index (χ3v) is 4.73. The second-order valence-electron chi connectivity index (χ2n) is 6.72. The summed E-state index contributed by atoms with van der Waals surface area (Å²) in [7, 11) is 3.15. The molecular formula is C23H25N3O3. The maximum Gasteiger partial charge on any atom is 0.228 e. The number of rotatable bonds is 7. The maximum atomic E-state index is 12.4. The van der Waals surface area contributed by atoms with E-state index in [2.05, 4.69) is 35.5 Å². The zero-order chi connectivity index (χ0) is 20.8. The fourth-order valence-electron chi connectivity index (χ4n) is 2.95. The molecule has 1 amide bonds. The molecule has 0 spiro atoms. The fourth-order valence-corrected chi connectivity index (χ4v) is 2.95. The van der Waals surface area contributed by atoms with Gasteiger partial charge in [0.25, 0.3) is 0 Å². The molecule has 0 saturated heterocycles. The standard InChI is InChI=1S/C23H25N3O3/c1-15-6-5-7-19(16(15)2)26-22-11-9-18(14-24-22)25-23(27)13-17-8-10-20(28-3)21(12-17)29-4/h5-12,14H,13H2,1-4H3,(H,24,26)(H,25,27). The van der Waals surface area contributed by atoms with E-state index in [-0.39, 0.29) is 12.3 Å². The van der Waals surface area contributed by atoms with Crippen LogP contribution in [0.15, 0.2) is 54.7 Å². The van der Waals surface area contributed by atoms with Crippen LogP contribution in [0.1, 0.15) is 16.7 Å². The Kier molecular flexibility index (Phi) is 6.34. The number of amides is 1. The lowest BCUT2D eigenvalue weighted by Gasteiger charge is -2.12. The van der Waals surface area contributed by atoms with Crippen molar-refractivity contribution >= 4 is 23.1 Å². The number of methoxy groups -OCH3 is 2. The predicted octanol–water partition coefficient (Wildman–Crippen LogP) is 4.64. The smallest absolute Gasteiger partial charge is 0.228 e. The van der Waals surface area contributed by atoms with Crippen LogP contribution in [-0.4, -0.2) is 25.1 Å². The molecule has 0 radical (unpaired) electrons. The summed E-state index contributed by atoms with van der Waals surface area (Å²) in [5.74, 6) is 1.82. The molecule has 3 aromatic rings. The number of carbonyl (C=O) groups excluding carboxylic acids is 1. The second kappa shape index (κ2) is 9.10. The second-order valence-corrected chi connectivity index (χ2v) is 6.72. The largest absolute Gasteiger partial charge is 0.493 e. The summed E-state index contributed by atoms with van der Waals surface area (Å²) in [4.78, 5) is 16.8. The van der Waals surface area contributed by atoms with Crippen molar-refractivity contribution in [3.8, 4) is 11.5 Å². The molecule has 3 rings (SSSR count). The van der Waals surface area contributed by atoms with Crippen LogP contribution in [0.5, 0.6) is 11.5 Å². The number of pyridine rings is 1. The number of nitrogens with zero attached hydrogens (tertiary/aromatic N) is 1. The minimum atomic E-state index is -0.130. The van der Waals surface area contributed by atoms with Crippen LogP contribution in [-0.2, 0) is 11.2 Å². The van der Waals surface area contributed by atoms with Crippen LogP contribution in [0.3, 0.4) is 0 Å². The molecule has 0 aliphatic heterocycles. The molecule has 0 atom stereocenters. The van der Waals surface area contributed by atoms with E-state index in [9.17, 15) is 4.79 Å². The molecule has 0 saturated carbocycles. The van der Waals surface area contributed by atoms with Crippen LogP contribution in [0, 0.1) is 13.8 Å². The molecule has 0 bridgehead atoms. The van der Waals surface area contributed by atoms with E-state index in [1.165, 1.54) is 11.1 Å². The number of nitrogens with one attached hydrogen (secondary N) is 2. The van der Waals surface area contributed by atoms with E-state index >= 15 is 0 Å². The van der Waals surface area contributed by atoms with Crippen molar-refractivity contribution in [3.05, 3.63) is 71.4 Å².